The van der Waals surface area contributed by atoms with Crippen molar-refractivity contribution in [3.05, 3.63) is 75.5 Å². The predicted octanol–water partition coefficient (Wildman–Crippen LogP) is 3.26. The molecule has 1 aliphatic heterocycles. The minimum absolute atomic E-state index is 0.126. The van der Waals surface area contributed by atoms with Gasteiger partial charge in [-0.25, -0.2) is 4.79 Å². The number of hydrogen-bond acceptors (Lipinski definition) is 5. The summed E-state index contributed by atoms with van der Waals surface area (Å²) in [7, 11) is 0. The van der Waals surface area contributed by atoms with Crippen LogP contribution in [-0.4, -0.2) is 23.5 Å². The van der Waals surface area contributed by atoms with Crippen molar-refractivity contribution in [2.75, 3.05) is 11.9 Å². The first-order valence-corrected chi connectivity index (χ1v) is 8.96. The summed E-state index contributed by atoms with van der Waals surface area (Å²) < 4.78 is 5.38. The first-order valence-electron chi connectivity index (χ1n) is 8.96. The molecular formula is C20H20N4O5. The molecule has 150 valence electrons. The van der Waals surface area contributed by atoms with Crippen LogP contribution in [0, 0.1) is 10.1 Å². The van der Waals surface area contributed by atoms with Crippen molar-refractivity contribution in [2.45, 2.75) is 19.9 Å². The van der Waals surface area contributed by atoms with Gasteiger partial charge >= 0.3 is 6.03 Å². The first-order chi connectivity index (χ1) is 13.9. The van der Waals surface area contributed by atoms with E-state index in [1.54, 1.807) is 37.3 Å². The second-order valence-corrected chi connectivity index (χ2v) is 6.33. The second kappa shape index (κ2) is 8.42. The third-order valence-corrected chi connectivity index (χ3v) is 4.35. The Kier molecular flexibility index (Phi) is 5.77. The molecule has 1 heterocycles. The van der Waals surface area contributed by atoms with E-state index in [0.717, 1.165) is 0 Å². The van der Waals surface area contributed by atoms with Gasteiger partial charge in [0.05, 0.1) is 23.1 Å². The zero-order chi connectivity index (χ0) is 21.0. The fraction of sp³-hybridized carbons (Fsp3) is 0.200. The van der Waals surface area contributed by atoms with Gasteiger partial charge < -0.3 is 20.7 Å². The van der Waals surface area contributed by atoms with Gasteiger partial charge in [-0.15, -0.1) is 0 Å². The average molecular weight is 396 g/mol. The van der Waals surface area contributed by atoms with Gasteiger partial charge in [0.2, 0.25) is 0 Å². The molecule has 0 bridgehead atoms. The van der Waals surface area contributed by atoms with E-state index in [4.69, 9.17) is 4.74 Å². The normalized spacial score (nSPS) is 15.9. The van der Waals surface area contributed by atoms with Crippen LogP contribution in [0.4, 0.5) is 16.2 Å². The van der Waals surface area contributed by atoms with Gasteiger partial charge in [0.15, 0.2) is 0 Å². The number of benzene rings is 2. The van der Waals surface area contributed by atoms with Gasteiger partial charge in [0.25, 0.3) is 11.6 Å². The van der Waals surface area contributed by atoms with Crippen LogP contribution >= 0.6 is 0 Å². The van der Waals surface area contributed by atoms with Gasteiger partial charge in [0.1, 0.15) is 5.75 Å². The molecule has 0 aliphatic carbocycles. The predicted molar refractivity (Wildman–Crippen MR) is 106 cm³/mol. The molecule has 0 fully saturated rings. The molecule has 1 unspecified atom stereocenters. The number of ether oxygens (including phenoxy) is 1. The molecule has 0 saturated heterocycles. The van der Waals surface area contributed by atoms with Crippen molar-refractivity contribution >= 4 is 23.3 Å². The highest BCUT2D eigenvalue weighted by Gasteiger charge is 2.32. The summed E-state index contributed by atoms with van der Waals surface area (Å²) in [4.78, 5) is 35.5. The molecular weight excluding hydrogens is 376 g/mol. The number of rotatable bonds is 6. The van der Waals surface area contributed by atoms with Crippen molar-refractivity contribution in [2.24, 2.45) is 0 Å². The summed E-state index contributed by atoms with van der Waals surface area (Å²) in [5, 5.41) is 19.1. The number of hydrogen-bond donors (Lipinski definition) is 3. The van der Waals surface area contributed by atoms with Crippen LogP contribution in [0.2, 0.25) is 0 Å². The maximum Gasteiger partial charge on any atom is 0.319 e. The third-order valence-electron chi connectivity index (χ3n) is 4.35. The van der Waals surface area contributed by atoms with Crippen molar-refractivity contribution in [3.8, 4) is 5.75 Å². The smallest absolute Gasteiger partial charge is 0.319 e. The standard InChI is InChI=1S/C20H20N4O5/c1-3-29-16-9-7-14(8-10-16)22-19(25)17-12(2)21-20(26)23-18(17)13-5-4-6-15(11-13)24(27)28/h4-11,18H,3H2,1-2H3,(H,22,25)(H2,21,23,26). The highest BCUT2D eigenvalue weighted by Crippen LogP contribution is 2.30. The Bertz CT molecular complexity index is 985. The molecule has 1 aliphatic rings. The second-order valence-electron chi connectivity index (χ2n) is 6.33. The zero-order valence-corrected chi connectivity index (χ0v) is 15.9. The van der Waals surface area contributed by atoms with E-state index < -0.39 is 22.9 Å². The summed E-state index contributed by atoms with van der Waals surface area (Å²) >= 11 is 0. The van der Waals surface area contributed by atoms with Crippen molar-refractivity contribution in [1.29, 1.82) is 0 Å². The molecule has 0 radical (unpaired) electrons. The van der Waals surface area contributed by atoms with Crippen LogP contribution in [0.5, 0.6) is 5.75 Å². The number of amides is 3. The molecule has 0 saturated carbocycles. The summed E-state index contributed by atoms with van der Waals surface area (Å²) in [5.41, 5.74) is 1.49. The summed E-state index contributed by atoms with van der Waals surface area (Å²) in [5.74, 6) is 0.248. The highest BCUT2D eigenvalue weighted by molar-refractivity contribution is 6.06. The molecule has 0 spiro atoms. The number of allylic oxidation sites excluding steroid dienone is 1. The largest absolute Gasteiger partial charge is 0.494 e. The van der Waals surface area contributed by atoms with Gasteiger partial charge in [0, 0.05) is 23.5 Å². The van der Waals surface area contributed by atoms with Gasteiger partial charge in [-0.2, -0.15) is 0 Å². The van der Waals surface area contributed by atoms with Gasteiger partial charge in [-0.05, 0) is 43.7 Å². The molecule has 2 aromatic carbocycles. The number of non-ortho nitro benzene ring substituents is 1. The Labute approximate surface area is 166 Å². The molecule has 0 aromatic heterocycles. The van der Waals surface area contributed by atoms with E-state index in [9.17, 15) is 19.7 Å². The van der Waals surface area contributed by atoms with E-state index in [1.165, 1.54) is 18.2 Å². The van der Waals surface area contributed by atoms with Crippen LogP contribution < -0.4 is 20.7 Å². The minimum Gasteiger partial charge on any atom is -0.494 e. The number of nitro groups is 1. The maximum absolute atomic E-state index is 13.0. The van der Waals surface area contributed by atoms with Crippen LogP contribution in [0.3, 0.4) is 0 Å². The Hall–Kier alpha value is -3.88. The average Bonchev–Trinajstić information content (AvgIpc) is 2.69. The number of nitro benzene ring substituents is 1. The lowest BCUT2D eigenvalue weighted by Gasteiger charge is -2.28. The van der Waals surface area contributed by atoms with Crippen molar-refractivity contribution < 1.29 is 19.2 Å². The fourth-order valence-electron chi connectivity index (χ4n) is 3.06. The molecule has 3 amide bonds. The lowest BCUT2D eigenvalue weighted by atomic mass is 9.94. The maximum atomic E-state index is 13.0. The number of urea groups is 1. The number of carbonyl (C=O) groups excluding carboxylic acids is 2. The quantitative estimate of drug-likeness (QED) is 0.511. The van der Waals surface area contributed by atoms with Crippen LogP contribution in [0.1, 0.15) is 25.5 Å². The number of nitrogens with zero attached hydrogens (tertiary/aromatic N) is 1. The first kappa shape index (κ1) is 19.9. The number of nitrogens with one attached hydrogen (secondary N) is 3. The highest BCUT2D eigenvalue weighted by atomic mass is 16.6. The lowest BCUT2D eigenvalue weighted by Crippen LogP contribution is -2.46. The summed E-state index contributed by atoms with van der Waals surface area (Å²) in [6.07, 6.45) is 0. The van der Waals surface area contributed by atoms with Gasteiger partial charge in [-0.1, -0.05) is 12.1 Å². The minimum atomic E-state index is -0.827. The Morgan fingerprint density at radius 3 is 2.62 bits per heavy atom. The van der Waals surface area contributed by atoms with Crippen molar-refractivity contribution in [1.82, 2.24) is 10.6 Å². The van der Waals surface area contributed by atoms with E-state index in [-0.39, 0.29) is 11.3 Å². The number of anilines is 1. The van der Waals surface area contributed by atoms with E-state index in [0.29, 0.717) is 29.3 Å². The molecule has 9 heteroatoms. The summed E-state index contributed by atoms with van der Waals surface area (Å²) in [6, 6.07) is 11.4. The topological polar surface area (TPSA) is 123 Å². The Morgan fingerprint density at radius 1 is 1.24 bits per heavy atom. The van der Waals surface area contributed by atoms with Crippen molar-refractivity contribution in [3.63, 3.8) is 0 Å². The SMILES string of the molecule is CCOc1ccc(NC(=O)C2=C(C)NC(=O)NC2c2cccc([N+](=O)[O-])c2)cc1. The van der Waals surface area contributed by atoms with Crippen LogP contribution in [0.15, 0.2) is 59.8 Å². The van der Waals surface area contributed by atoms with Gasteiger partial charge in [-0.3, -0.25) is 14.9 Å². The Balaban J connectivity index is 1.90. The lowest BCUT2D eigenvalue weighted by molar-refractivity contribution is -0.384. The van der Waals surface area contributed by atoms with E-state index >= 15 is 0 Å². The molecule has 1 atom stereocenters. The molecule has 9 nitrogen and oxygen atoms in total. The Morgan fingerprint density at radius 2 is 1.97 bits per heavy atom. The van der Waals surface area contributed by atoms with E-state index in [1.807, 2.05) is 6.92 Å². The molecule has 3 rings (SSSR count). The molecule has 2 aromatic rings. The monoisotopic (exact) mass is 396 g/mol. The number of carbonyl (C=O) groups is 2. The zero-order valence-electron chi connectivity index (χ0n) is 15.9. The fourth-order valence-corrected chi connectivity index (χ4v) is 3.06. The van der Waals surface area contributed by atoms with E-state index in [2.05, 4.69) is 16.0 Å². The summed E-state index contributed by atoms with van der Waals surface area (Å²) in [6.45, 7) is 4.02. The molecule has 3 N–H and O–H groups in total. The molecule has 29 heavy (non-hydrogen) atoms. The van der Waals surface area contributed by atoms with Crippen LogP contribution in [-0.2, 0) is 4.79 Å². The third kappa shape index (κ3) is 4.52. The van der Waals surface area contributed by atoms with Crippen LogP contribution in [0.25, 0.3) is 0 Å².